The topological polar surface area (TPSA) is 59.6 Å². The van der Waals surface area contributed by atoms with Crippen LogP contribution in [0.5, 0.6) is 11.5 Å². The Labute approximate surface area is 158 Å². The van der Waals surface area contributed by atoms with E-state index in [4.69, 9.17) is 21.1 Å². The number of carbonyl (C=O) groups is 1. The van der Waals surface area contributed by atoms with E-state index in [-0.39, 0.29) is 12.5 Å². The van der Waals surface area contributed by atoms with Gasteiger partial charge in [0, 0.05) is 11.8 Å². The Bertz CT molecular complexity index is 808. The van der Waals surface area contributed by atoms with Crippen LogP contribution in [0, 0.1) is 0 Å². The van der Waals surface area contributed by atoms with E-state index >= 15 is 0 Å². The fourth-order valence-electron chi connectivity index (χ4n) is 3.27. The number of hydrogen-bond donors (Lipinski definition) is 2. The summed E-state index contributed by atoms with van der Waals surface area (Å²) in [4.78, 5) is 12.4. The smallest absolute Gasteiger partial charge is 0.243 e. The van der Waals surface area contributed by atoms with Gasteiger partial charge in [0.15, 0.2) is 0 Å². The van der Waals surface area contributed by atoms with Crippen LogP contribution in [0.1, 0.15) is 24.0 Å². The predicted molar refractivity (Wildman–Crippen MR) is 105 cm³/mol. The molecule has 6 heteroatoms. The second kappa shape index (κ2) is 8.32. The third-order valence-electron chi connectivity index (χ3n) is 4.58. The molecule has 5 nitrogen and oxygen atoms in total. The lowest BCUT2D eigenvalue weighted by Crippen LogP contribution is -2.23. The van der Waals surface area contributed by atoms with E-state index in [2.05, 4.69) is 16.7 Å². The van der Waals surface area contributed by atoms with E-state index in [1.54, 1.807) is 12.1 Å². The fraction of sp³-hybridized carbons (Fsp3) is 0.350. The first-order valence-electron chi connectivity index (χ1n) is 8.68. The lowest BCUT2D eigenvalue weighted by molar-refractivity contribution is -0.114. The van der Waals surface area contributed by atoms with Gasteiger partial charge in [0.05, 0.1) is 31.5 Å². The van der Waals surface area contributed by atoms with Gasteiger partial charge in [-0.15, -0.1) is 0 Å². The predicted octanol–water partition coefficient (Wildman–Crippen LogP) is 4.29. The fourth-order valence-corrected chi connectivity index (χ4v) is 3.52. The quantitative estimate of drug-likeness (QED) is 0.792. The minimum Gasteiger partial charge on any atom is -0.495 e. The van der Waals surface area contributed by atoms with Crippen LogP contribution in [0.15, 0.2) is 30.3 Å². The number of ether oxygens (including phenoxy) is 2. The number of carbonyl (C=O) groups excluding carboxylic acids is 1. The summed E-state index contributed by atoms with van der Waals surface area (Å²) in [5, 5.41) is 6.51. The van der Waals surface area contributed by atoms with E-state index in [9.17, 15) is 4.79 Å². The molecule has 0 bridgehead atoms. The highest BCUT2D eigenvalue weighted by molar-refractivity contribution is 6.32. The summed E-state index contributed by atoms with van der Waals surface area (Å²) in [6, 6.07) is 9.52. The molecule has 0 saturated carbocycles. The number of halogens is 1. The van der Waals surface area contributed by atoms with Crippen molar-refractivity contribution >= 4 is 28.9 Å². The number of anilines is 2. The monoisotopic (exact) mass is 374 g/mol. The van der Waals surface area contributed by atoms with E-state index in [0.717, 1.165) is 18.5 Å². The molecule has 0 radical (unpaired) electrons. The van der Waals surface area contributed by atoms with Crippen molar-refractivity contribution in [2.45, 2.75) is 25.7 Å². The van der Waals surface area contributed by atoms with Crippen LogP contribution in [0.4, 0.5) is 11.4 Å². The first-order chi connectivity index (χ1) is 12.6. The molecule has 0 fully saturated rings. The van der Waals surface area contributed by atoms with Crippen LogP contribution in [0.3, 0.4) is 0 Å². The Morgan fingerprint density at radius 2 is 1.85 bits per heavy atom. The molecule has 0 heterocycles. The maximum Gasteiger partial charge on any atom is 0.243 e. The first kappa shape index (κ1) is 18.4. The Morgan fingerprint density at radius 1 is 1.08 bits per heavy atom. The van der Waals surface area contributed by atoms with Crippen molar-refractivity contribution in [3.05, 3.63) is 46.5 Å². The SMILES string of the molecule is COc1cc(OC)c(NC(=O)CNc2cccc3c2CCCC3)cc1Cl. The average Bonchev–Trinajstić information content (AvgIpc) is 2.66. The van der Waals surface area contributed by atoms with Gasteiger partial charge in [-0.2, -0.15) is 0 Å². The third-order valence-corrected chi connectivity index (χ3v) is 4.88. The summed E-state index contributed by atoms with van der Waals surface area (Å²) in [6.07, 6.45) is 4.59. The first-order valence-corrected chi connectivity index (χ1v) is 9.06. The van der Waals surface area contributed by atoms with Crippen LogP contribution in [0.2, 0.25) is 5.02 Å². The van der Waals surface area contributed by atoms with Crippen molar-refractivity contribution < 1.29 is 14.3 Å². The van der Waals surface area contributed by atoms with Crippen molar-refractivity contribution in [2.24, 2.45) is 0 Å². The summed E-state index contributed by atoms with van der Waals surface area (Å²) in [6.45, 7) is 0.170. The Kier molecular flexibility index (Phi) is 5.89. The number of methoxy groups -OCH3 is 2. The van der Waals surface area contributed by atoms with Crippen LogP contribution in [0.25, 0.3) is 0 Å². The van der Waals surface area contributed by atoms with Gasteiger partial charge >= 0.3 is 0 Å². The molecule has 0 aromatic heterocycles. The molecule has 2 aromatic rings. The van der Waals surface area contributed by atoms with Crippen molar-refractivity contribution in [3.63, 3.8) is 0 Å². The van der Waals surface area contributed by atoms with Crippen LogP contribution < -0.4 is 20.1 Å². The summed E-state index contributed by atoms with van der Waals surface area (Å²) in [5.74, 6) is 0.824. The minimum atomic E-state index is -0.169. The maximum atomic E-state index is 12.4. The Balaban J connectivity index is 1.68. The van der Waals surface area contributed by atoms with E-state index in [1.165, 1.54) is 38.2 Å². The van der Waals surface area contributed by atoms with Crippen LogP contribution in [-0.2, 0) is 17.6 Å². The molecule has 26 heavy (non-hydrogen) atoms. The van der Waals surface area contributed by atoms with Crippen LogP contribution >= 0.6 is 11.6 Å². The molecule has 2 N–H and O–H groups in total. The third kappa shape index (κ3) is 4.05. The van der Waals surface area contributed by atoms with Gasteiger partial charge < -0.3 is 20.1 Å². The van der Waals surface area contributed by atoms with E-state index in [1.807, 2.05) is 12.1 Å². The number of benzene rings is 2. The van der Waals surface area contributed by atoms with Crippen molar-refractivity contribution in [3.8, 4) is 11.5 Å². The molecule has 0 unspecified atom stereocenters. The molecule has 0 aliphatic heterocycles. The molecular formula is C20H23ClN2O3. The van der Waals surface area contributed by atoms with Crippen molar-refractivity contribution in [2.75, 3.05) is 31.4 Å². The second-order valence-corrected chi connectivity index (χ2v) is 6.65. The summed E-state index contributed by atoms with van der Waals surface area (Å²) in [5.41, 5.74) is 4.26. The molecule has 0 spiro atoms. The van der Waals surface area contributed by atoms with Gasteiger partial charge in [-0.05, 0) is 48.9 Å². The second-order valence-electron chi connectivity index (χ2n) is 6.24. The molecular weight excluding hydrogens is 352 g/mol. The summed E-state index contributed by atoms with van der Waals surface area (Å²) < 4.78 is 10.5. The van der Waals surface area contributed by atoms with Crippen molar-refractivity contribution in [1.82, 2.24) is 0 Å². The van der Waals surface area contributed by atoms with Gasteiger partial charge in [0.2, 0.25) is 5.91 Å². The molecule has 138 valence electrons. The van der Waals surface area contributed by atoms with Gasteiger partial charge in [0.25, 0.3) is 0 Å². The zero-order valence-corrected chi connectivity index (χ0v) is 15.8. The van der Waals surface area contributed by atoms with Gasteiger partial charge in [-0.25, -0.2) is 0 Å². The van der Waals surface area contributed by atoms with Gasteiger partial charge in [0.1, 0.15) is 11.5 Å². The van der Waals surface area contributed by atoms with Gasteiger partial charge in [-0.1, -0.05) is 23.7 Å². The number of hydrogen-bond acceptors (Lipinski definition) is 4. The zero-order chi connectivity index (χ0) is 18.5. The highest BCUT2D eigenvalue weighted by Gasteiger charge is 2.15. The minimum absolute atomic E-state index is 0.169. The van der Waals surface area contributed by atoms with Crippen LogP contribution in [-0.4, -0.2) is 26.7 Å². The molecule has 0 saturated heterocycles. The number of rotatable bonds is 6. The molecule has 2 aromatic carbocycles. The lowest BCUT2D eigenvalue weighted by Gasteiger charge is -2.20. The largest absolute Gasteiger partial charge is 0.495 e. The number of aryl methyl sites for hydroxylation is 1. The van der Waals surface area contributed by atoms with Gasteiger partial charge in [-0.3, -0.25) is 4.79 Å². The van der Waals surface area contributed by atoms with E-state index in [0.29, 0.717) is 22.2 Å². The zero-order valence-electron chi connectivity index (χ0n) is 15.0. The summed E-state index contributed by atoms with van der Waals surface area (Å²) in [7, 11) is 3.07. The normalized spacial score (nSPS) is 12.9. The molecule has 1 aliphatic rings. The van der Waals surface area contributed by atoms with E-state index < -0.39 is 0 Å². The standard InChI is InChI=1S/C20H23ClN2O3/c1-25-18-11-19(26-2)17(10-15(18)21)23-20(24)12-22-16-9-5-7-13-6-3-4-8-14(13)16/h5,7,9-11,22H,3-4,6,8,12H2,1-2H3,(H,23,24). The number of nitrogens with one attached hydrogen (secondary N) is 2. The van der Waals surface area contributed by atoms with Crippen molar-refractivity contribution in [1.29, 1.82) is 0 Å². The highest BCUT2D eigenvalue weighted by atomic mass is 35.5. The molecule has 1 amide bonds. The molecule has 1 aliphatic carbocycles. The highest BCUT2D eigenvalue weighted by Crippen LogP contribution is 2.36. The molecule has 3 rings (SSSR count). The average molecular weight is 375 g/mol. The lowest BCUT2D eigenvalue weighted by atomic mass is 9.90. The molecule has 0 atom stereocenters. The Hall–Kier alpha value is -2.40. The Morgan fingerprint density at radius 3 is 2.62 bits per heavy atom. The maximum absolute atomic E-state index is 12.4. The number of amides is 1. The summed E-state index contributed by atoms with van der Waals surface area (Å²) >= 11 is 6.15. The number of fused-ring (bicyclic) bond motifs is 1.